The van der Waals surface area contributed by atoms with Crippen LogP contribution in [0, 0.1) is 0 Å². The van der Waals surface area contributed by atoms with Gasteiger partial charge in [0.2, 0.25) is 9.62 Å². The molecule has 0 aliphatic carbocycles. The van der Waals surface area contributed by atoms with Gasteiger partial charge in [-0.25, -0.2) is 23.1 Å². The van der Waals surface area contributed by atoms with Crippen molar-refractivity contribution in [2.24, 2.45) is 0 Å². The number of sulfonamides is 1. The van der Waals surface area contributed by atoms with Crippen LogP contribution in [0.3, 0.4) is 0 Å². The van der Waals surface area contributed by atoms with Crippen molar-refractivity contribution in [1.82, 2.24) is 19.7 Å². The number of anilines is 2. The van der Waals surface area contributed by atoms with Crippen LogP contribution in [0.15, 0.2) is 34.1 Å². The molecule has 3 aromatic rings. The van der Waals surface area contributed by atoms with E-state index in [1.807, 2.05) is 12.1 Å². The van der Waals surface area contributed by atoms with Crippen LogP contribution in [-0.2, 0) is 14.8 Å². The summed E-state index contributed by atoms with van der Waals surface area (Å²) in [7, 11) is -3.63. The van der Waals surface area contributed by atoms with Gasteiger partial charge in [0, 0.05) is 54.9 Å². The van der Waals surface area contributed by atoms with Crippen molar-refractivity contribution in [2.75, 3.05) is 49.2 Å². The molecule has 4 heterocycles. The van der Waals surface area contributed by atoms with Gasteiger partial charge in [0.25, 0.3) is 10.0 Å². The molecular weight excluding hydrogens is 472 g/mol. The van der Waals surface area contributed by atoms with Gasteiger partial charge < -0.3 is 14.5 Å². The number of aromatic nitrogens is 3. The topological polar surface area (TPSA) is 101 Å². The average Bonchev–Trinajstić information content (AvgIpc) is 3.35. The van der Waals surface area contributed by atoms with Crippen LogP contribution in [0.4, 0.5) is 11.5 Å². The molecule has 170 valence electrons. The molecule has 0 unspecified atom stereocenters. The summed E-state index contributed by atoms with van der Waals surface area (Å²) in [5.41, 5.74) is 1.85. The Balaban J connectivity index is 1.40. The molecule has 0 spiro atoms. The van der Waals surface area contributed by atoms with Crippen molar-refractivity contribution in [3.63, 3.8) is 0 Å². The van der Waals surface area contributed by atoms with Crippen LogP contribution in [0.2, 0.25) is 5.28 Å². The van der Waals surface area contributed by atoms with Gasteiger partial charge in [-0.15, -0.1) is 11.3 Å². The van der Waals surface area contributed by atoms with Crippen LogP contribution >= 0.6 is 22.9 Å². The first kappa shape index (κ1) is 21.8. The zero-order valence-electron chi connectivity index (χ0n) is 17.3. The quantitative estimate of drug-likeness (QED) is 0.540. The van der Waals surface area contributed by atoms with E-state index in [1.165, 1.54) is 6.20 Å². The summed E-state index contributed by atoms with van der Waals surface area (Å²) in [6, 6.07) is 5.88. The van der Waals surface area contributed by atoms with E-state index in [-0.39, 0.29) is 15.7 Å². The van der Waals surface area contributed by atoms with Crippen molar-refractivity contribution in [1.29, 1.82) is 0 Å². The number of thiazole rings is 1. The van der Waals surface area contributed by atoms with Crippen molar-refractivity contribution in [2.45, 2.75) is 23.2 Å². The average molecular weight is 495 g/mol. The van der Waals surface area contributed by atoms with Crippen molar-refractivity contribution in [3.8, 4) is 0 Å². The molecule has 0 amide bonds. The highest BCUT2D eigenvalue weighted by atomic mass is 35.5. The SMILES string of the molecule is O=S(=O)(N[C@@H]1CCCN(c2nc(Cl)nc3cc(N4CCOCC4)ccc23)C1)c1nccs1. The second kappa shape index (κ2) is 9.06. The van der Waals surface area contributed by atoms with E-state index in [0.717, 1.165) is 66.2 Å². The molecule has 1 atom stereocenters. The summed E-state index contributed by atoms with van der Waals surface area (Å²) in [6.45, 7) is 4.36. The van der Waals surface area contributed by atoms with Crippen LogP contribution in [0.25, 0.3) is 10.9 Å². The number of fused-ring (bicyclic) bond motifs is 1. The lowest BCUT2D eigenvalue weighted by Crippen LogP contribution is -2.48. The molecule has 2 aliphatic heterocycles. The number of halogens is 1. The highest BCUT2D eigenvalue weighted by Gasteiger charge is 2.28. The molecule has 0 radical (unpaired) electrons. The lowest BCUT2D eigenvalue weighted by Gasteiger charge is -2.34. The Morgan fingerprint density at radius 1 is 1.16 bits per heavy atom. The van der Waals surface area contributed by atoms with Gasteiger partial charge in [0.15, 0.2) is 0 Å². The molecule has 2 aromatic heterocycles. The minimum atomic E-state index is -3.63. The molecule has 2 fully saturated rings. The fourth-order valence-electron chi connectivity index (χ4n) is 4.21. The summed E-state index contributed by atoms with van der Waals surface area (Å²) in [4.78, 5) is 17.2. The maximum absolute atomic E-state index is 12.6. The highest BCUT2D eigenvalue weighted by Crippen LogP contribution is 2.31. The molecule has 12 heteroatoms. The Morgan fingerprint density at radius 2 is 2.00 bits per heavy atom. The minimum Gasteiger partial charge on any atom is -0.378 e. The Kier molecular flexibility index (Phi) is 6.17. The van der Waals surface area contributed by atoms with E-state index in [1.54, 1.807) is 5.38 Å². The van der Waals surface area contributed by atoms with Gasteiger partial charge in [-0.3, -0.25) is 0 Å². The Labute approximate surface area is 195 Å². The number of rotatable bonds is 5. The number of morpholine rings is 1. The molecule has 2 aliphatic rings. The first-order chi connectivity index (χ1) is 15.5. The highest BCUT2D eigenvalue weighted by molar-refractivity contribution is 7.91. The van der Waals surface area contributed by atoms with E-state index in [4.69, 9.17) is 16.3 Å². The number of piperidine rings is 1. The Morgan fingerprint density at radius 3 is 2.78 bits per heavy atom. The van der Waals surface area contributed by atoms with E-state index >= 15 is 0 Å². The van der Waals surface area contributed by atoms with E-state index < -0.39 is 10.0 Å². The van der Waals surface area contributed by atoms with Crippen LogP contribution in [-0.4, -0.2) is 68.8 Å². The van der Waals surface area contributed by atoms with E-state index in [9.17, 15) is 8.42 Å². The fraction of sp³-hybridized carbons (Fsp3) is 0.450. The zero-order valence-corrected chi connectivity index (χ0v) is 19.7. The Bertz CT molecular complexity index is 1200. The number of hydrogen-bond acceptors (Lipinski definition) is 9. The molecule has 2 saturated heterocycles. The molecule has 1 N–H and O–H groups in total. The van der Waals surface area contributed by atoms with Gasteiger partial charge in [-0.05, 0) is 42.6 Å². The maximum atomic E-state index is 12.6. The van der Waals surface area contributed by atoms with Gasteiger partial charge in [0.05, 0.1) is 18.7 Å². The third kappa shape index (κ3) is 4.53. The normalized spacial score (nSPS) is 20.1. The summed E-state index contributed by atoms with van der Waals surface area (Å²) in [6.07, 6.45) is 3.08. The predicted molar refractivity (Wildman–Crippen MR) is 125 cm³/mol. The molecule has 5 rings (SSSR count). The Hall–Kier alpha value is -2.05. The third-order valence-electron chi connectivity index (χ3n) is 5.69. The summed E-state index contributed by atoms with van der Waals surface area (Å²) in [5, 5.41) is 2.73. The largest absolute Gasteiger partial charge is 0.378 e. The van der Waals surface area contributed by atoms with Gasteiger partial charge in [0.1, 0.15) is 5.82 Å². The molecule has 32 heavy (non-hydrogen) atoms. The summed E-state index contributed by atoms with van der Waals surface area (Å²) < 4.78 is 33.6. The fourth-order valence-corrected chi connectivity index (χ4v) is 6.49. The first-order valence-corrected chi connectivity index (χ1v) is 13.2. The smallest absolute Gasteiger partial charge is 0.268 e. The summed E-state index contributed by atoms with van der Waals surface area (Å²) >= 11 is 7.40. The van der Waals surface area contributed by atoms with Gasteiger partial charge in [-0.1, -0.05) is 0 Å². The molecule has 0 saturated carbocycles. The van der Waals surface area contributed by atoms with Gasteiger partial charge in [-0.2, -0.15) is 4.98 Å². The van der Waals surface area contributed by atoms with Crippen molar-refractivity contribution < 1.29 is 13.2 Å². The number of nitrogens with zero attached hydrogens (tertiary/aromatic N) is 5. The lowest BCUT2D eigenvalue weighted by molar-refractivity contribution is 0.122. The number of hydrogen-bond donors (Lipinski definition) is 1. The molecular formula is C20H23ClN6O3S2. The maximum Gasteiger partial charge on any atom is 0.268 e. The number of benzene rings is 1. The second-order valence-corrected chi connectivity index (χ2v) is 10.9. The van der Waals surface area contributed by atoms with Crippen LogP contribution < -0.4 is 14.5 Å². The number of ether oxygens (including phenoxy) is 1. The third-order valence-corrected chi connectivity index (χ3v) is 8.58. The summed E-state index contributed by atoms with van der Waals surface area (Å²) in [5.74, 6) is 0.728. The van der Waals surface area contributed by atoms with E-state index in [2.05, 4.69) is 35.5 Å². The van der Waals surface area contributed by atoms with Crippen molar-refractivity contribution in [3.05, 3.63) is 35.1 Å². The lowest BCUT2D eigenvalue weighted by atomic mass is 10.1. The first-order valence-electron chi connectivity index (χ1n) is 10.5. The molecule has 1 aromatic carbocycles. The molecule has 9 nitrogen and oxygen atoms in total. The van der Waals surface area contributed by atoms with Crippen LogP contribution in [0.1, 0.15) is 12.8 Å². The monoisotopic (exact) mass is 494 g/mol. The standard InChI is InChI=1S/C20H23ClN6O3S2/c21-19-23-17-12-15(26-7-9-30-10-8-26)3-4-16(17)18(24-19)27-6-1-2-14(13-27)25-32(28,29)20-22-5-11-31-20/h3-5,11-12,14,25H,1-2,6-10,13H2/t14-/m1/s1. The van der Waals surface area contributed by atoms with Crippen molar-refractivity contribution >= 4 is 55.4 Å². The predicted octanol–water partition coefficient (Wildman–Crippen LogP) is 2.52. The van der Waals surface area contributed by atoms with Crippen LogP contribution in [0.5, 0.6) is 0 Å². The van der Waals surface area contributed by atoms with Gasteiger partial charge >= 0.3 is 0 Å². The second-order valence-electron chi connectivity index (χ2n) is 7.82. The minimum absolute atomic E-state index is 0.0841. The van der Waals surface area contributed by atoms with E-state index in [0.29, 0.717) is 19.8 Å². The zero-order chi connectivity index (χ0) is 22.1. The molecule has 0 bridgehead atoms. The number of nitrogens with one attached hydrogen (secondary N) is 1.